The van der Waals surface area contributed by atoms with Crippen LogP contribution in [0.5, 0.6) is 0 Å². The van der Waals surface area contributed by atoms with E-state index in [0.29, 0.717) is 6.42 Å². The summed E-state index contributed by atoms with van der Waals surface area (Å²) in [5.41, 5.74) is 0. The van der Waals surface area contributed by atoms with Crippen LogP contribution in [-0.4, -0.2) is 41.0 Å². The lowest BCUT2D eigenvalue weighted by Crippen LogP contribution is -2.29. The third kappa shape index (κ3) is 25.7. The molecule has 0 heterocycles. The minimum absolute atomic E-state index is 0.203. The van der Waals surface area contributed by atoms with E-state index in [9.17, 15) is 14.2 Å². The number of phosphoric ester groups is 1. The monoisotopic (exact) mass is 520 g/mol. The summed E-state index contributed by atoms with van der Waals surface area (Å²) in [6.07, 6.45) is 19.7. The molecule has 0 aromatic heterocycles. The van der Waals surface area contributed by atoms with Crippen LogP contribution in [0.2, 0.25) is 0 Å². The number of esters is 2. The van der Waals surface area contributed by atoms with Crippen molar-refractivity contribution in [1.82, 2.24) is 0 Å². The van der Waals surface area contributed by atoms with Crippen LogP contribution in [0.25, 0.3) is 0 Å². The van der Waals surface area contributed by atoms with Crippen LogP contribution in [-0.2, 0) is 28.2 Å². The van der Waals surface area contributed by atoms with Crippen molar-refractivity contribution in [2.75, 3.05) is 13.2 Å². The van der Waals surface area contributed by atoms with Crippen molar-refractivity contribution in [3.63, 3.8) is 0 Å². The van der Waals surface area contributed by atoms with Gasteiger partial charge in [-0.05, 0) is 32.1 Å². The third-order valence-corrected chi connectivity index (χ3v) is 6.03. The average Bonchev–Trinajstić information content (AvgIpc) is 2.81. The van der Waals surface area contributed by atoms with E-state index in [0.717, 1.165) is 57.8 Å². The second-order valence-corrected chi connectivity index (χ2v) is 10.2. The number of carbonyl (C=O) groups is 2. The number of unbranched alkanes of at least 4 members (excludes halogenated alkanes) is 12. The molecule has 0 aliphatic carbocycles. The minimum atomic E-state index is -4.73. The van der Waals surface area contributed by atoms with Gasteiger partial charge in [-0.1, -0.05) is 90.2 Å². The molecular weight excluding hydrogens is 471 g/mol. The van der Waals surface area contributed by atoms with Crippen molar-refractivity contribution in [3.8, 4) is 0 Å². The van der Waals surface area contributed by atoms with Crippen LogP contribution < -0.4 is 0 Å². The Morgan fingerprint density at radius 1 is 0.743 bits per heavy atom. The van der Waals surface area contributed by atoms with Crippen LogP contribution >= 0.6 is 7.82 Å². The molecule has 2 N–H and O–H groups in total. The summed E-state index contributed by atoms with van der Waals surface area (Å²) in [6.45, 7) is 3.48. The summed E-state index contributed by atoms with van der Waals surface area (Å²) in [4.78, 5) is 42.0. The van der Waals surface area contributed by atoms with Crippen molar-refractivity contribution in [2.24, 2.45) is 0 Å². The highest BCUT2D eigenvalue weighted by molar-refractivity contribution is 7.46. The van der Waals surface area contributed by atoms with Crippen LogP contribution in [0, 0.1) is 0 Å². The van der Waals surface area contributed by atoms with Crippen molar-refractivity contribution in [1.29, 1.82) is 0 Å². The number of allylic oxidation sites excluding steroid dienone is 2. The van der Waals surface area contributed by atoms with Gasteiger partial charge < -0.3 is 19.3 Å². The molecule has 0 spiro atoms. The molecule has 0 aliphatic rings. The molecule has 206 valence electrons. The fourth-order valence-electron chi connectivity index (χ4n) is 3.55. The molecule has 0 saturated heterocycles. The highest BCUT2D eigenvalue weighted by atomic mass is 31.2. The van der Waals surface area contributed by atoms with Crippen LogP contribution in [0.3, 0.4) is 0 Å². The van der Waals surface area contributed by atoms with Crippen LogP contribution in [0.4, 0.5) is 0 Å². The Hall–Kier alpha value is -1.21. The summed E-state index contributed by atoms with van der Waals surface area (Å²) in [7, 11) is -4.73. The van der Waals surface area contributed by atoms with Gasteiger partial charge in [-0.15, -0.1) is 0 Å². The van der Waals surface area contributed by atoms with Gasteiger partial charge in [0.05, 0.1) is 6.61 Å². The molecule has 0 saturated carbocycles. The molecular formula is C26H49O8P. The lowest BCUT2D eigenvalue weighted by Gasteiger charge is -2.18. The fraction of sp³-hybridized carbons (Fsp3) is 0.846. The summed E-state index contributed by atoms with van der Waals surface area (Å²) in [5, 5.41) is 0. The standard InChI is InChI=1S/C26H49O8P/c1-3-5-7-9-11-13-15-17-19-21-26(28)34-24(23-33-35(29,30)31)22-32-25(27)20-18-16-14-12-10-8-6-4-2/h5,7,24H,3-4,6,8-23H2,1-2H3,(H2,29,30,31)/b7-5-/t24-/m1/s1. The molecule has 0 fully saturated rings. The first-order chi connectivity index (χ1) is 16.8. The van der Waals surface area contributed by atoms with E-state index in [-0.39, 0.29) is 19.4 Å². The van der Waals surface area contributed by atoms with Gasteiger partial charge in [0.15, 0.2) is 6.10 Å². The van der Waals surface area contributed by atoms with Gasteiger partial charge in [0.25, 0.3) is 0 Å². The summed E-state index contributed by atoms with van der Waals surface area (Å²) in [6, 6.07) is 0. The van der Waals surface area contributed by atoms with Crippen molar-refractivity contribution in [2.45, 2.75) is 129 Å². The Labute approximate surface area is 212 Å². The second kappa shape index (κ2) is 23.2. The number of phosphoric acid groups is 1. The van der Waals surface area contributed by atoms with Gasteiger partial charge >= 0.3 is 19.8 Å². The summed E-state index contributed by atoms with van der Waals surface area (Å²) < 4.78 is 25.9. The topological polar surface area (TPSA) is 119 Å². The number of hydrogen-bond acceptors (Lipinski definition) is 6. The van der Waals surface area contributed by atoms with Crippen molar-refractivity contribution < 1.29 is 37.9 Å². The molecule has 9 heteroatoms. The van der Waals surface area contributed by atoms with Gasteiger partial charge in [0.1, 0.15) is 6.61 Å². The van der Waals surface area contributed by atoms with E-state index in [2.05, 4.69) is 30.5 Å². The smallest absolute Gasteiger partial charge is 0.462 e. The minimum Gasteiger partial charge on any atom is -0.462 e. The van der Waals surface area contributed by atoms with Gasteiger partial charge in [0.2, 0.25) is 0 Å². The van der Waals surface area contributed by atoms with Crippen LogP contribution in [0.15, 0.2) is 12.2 Å². The zero-order valence-corrected chi connectivity index (χ0v) is 22.9. The molecule has 0 amide bonds. The van der Waals surface area contributed by atoms with Crippen molar-refractivity contribution in [3.05, 3.63) is 12.2 Å². The molecule has 0 radical (unpaired) electrons. The Morgan fingerprint density at radius 2 is 1.29 bits per heavy atom. The number of carbonyl (C=O) groups excluding carboxylic acids is 2. The maximum absolute atomic E-state index is 12.1. The zero-order chi connectivity index (χ0) is 26.2. The van der Waals surface area contributed by atoms with E-state index in [1.165, 1.54) is 32.1 Å². The first kappa shape index (κ1) is 33.8. The van der Waals surface area contributed by atoms with Crippen molar-refractivity contribution >= 4 is 19.8 Å². The highest BCUT2D eigenvalue weighted by Gasteiger charge is 2.22. The highest BCUT2D eigenvalue weighted by Crippen LogP contribution is 2.35. The number of ether oxygens (including phenoxy) is 2. The van der Waals surface area contributed by atoms with E-state index in [1.54, 1.807) is 0 Å². The normalized spacial score (nSPS) is 12.7. The van der Waals surface area contributed by atoms with E-state index < -0.39 is 32.5 Å². The van der Waals surface area contributed by atoms with E-state index in [1.807, 2.05) is 0 Å². The molecule has 0 bridgehead atoms. The predicted octanol–water partition coefficient (Wildman–Crippen LogP) is 6.78. The maximum atomic E-state index is 12.1. The quantitative estimate of drug-likeness (QED) is 0.0619. The molecule has 8 nitrogen and oxygen atoms in total. The maximum Gasteiger partial charge on any atom is 0.469 e. The molecule has 0 unspecified atom stereocenters. The van der Waals surface area contributed by atoms with E-state index >= 15 is 0 Å². The Kier molecular flexibility index (Phi) is 22.4. The summed E-state index contributed by atoms with van der Waals surface area (Å²) >= 11 is 0. The van der Waals surface area contributed by atoms with E-state index in [4.69, 9.17) is 19.3 Å². The lowest BCUT2D eigenvalue weighted by atomic mass is 10.1. The largest absolute Gasteiger partial charge is 0.469 e. The molecule has 0 aromatic rings. The van der Waals surface area contributed by atoms with Gasteiger partial charge in [-0.2, -0.15) is 0 Å². The number of hydrogen-bond donors (Lipinski definition) is 2. The zero-order valence-electron chi connectivity index (χ0n) is 22.0. The van der Waals surface area contributed by atoms with Gasteiger partial charge in [0, 0.05) is 12.8 Å². The Balaban J connectivity index is 4.14. The first-order valence-corrected chi connectivity index (χ1v) is 15.0. The fourth-order valence-corrected chi connectivity index (χ4v) is 3.91. The molecule has 0 aliphatic heterocycles. The molecule has 0 aromatic carbocycles. The molecule has 35 heavy (non-hydrogen) atoms. The lowest BCUT2D eigenvalue weighted by molar-refractivity contribution is -0.161. The van der Waals surface area contributed by atoms with Gasteiger partial charge in [-0.3, -0.25) is 14.1 Å². The predicted molar refractivity (Wildman–Crippen MR) is 138 cm³/mol. The Morgan fingerprint density at radius 3 is 1.86 bits per heavy atom. The average molecular weight is 521 g/mol. The Bertz CT molecular complexity index is 602. The first-order valence-electron chi connectivity index (χ1n) is 13.5. The number of rotatable bonds is 24. The summed E-state index contributed by atoms with van der Waals surface area (Å²) in [5.74, 6) is -0.906. The van der Waals surface area contributed by atoms with Gasteiger partial charge in [-0.25, -0.2) is 4.57 Å². The molecule has 0 rings (SSSR count). The third-order valence-electron chi connectivity index (χ3n) is 5.55. The molecule has 1 atom stereocenters. The second-order valence-electron chi connectivity index (χ2n) is 8.99. The van der Waals surface area contributed by atoms with Crippen LogP contribution in [0.1, 0.15) is 123 Å². The SMILES string of the molecule is CC/C=C\CCCCCCCC(=O)O[C@H](COC(=O)CCCCCCCCCC)COP(=O)(O)O.